The van der Waals surface area contributed by atoms with Crippen LogP contribution >= 0.6 is 15.9 Å². The fourth-order valence-electron chi connectivity index (χ4n) is 3.16. The lowest BCUT2D eigenvalue weighted by atomic mass is 9.80. The number of benzene rings is 1. The first-order chi connectivity index (χ1) is 11.2. The molecule has 0 radical (unpaired) electrons. The van der Waals surface area contributed by atoms with Crippen molar-refractivity contribution < 1.29 is 9.72 Å². The van der Waals surface area contributed by atoms with Crippen molar-refractivity contribution in [2.24, 2.45) is 5.41 Å². The zero-order valence-electron chi connectivity index (χ0n) is 15.9. The van der Waals surface area contributed by atoms with E-state index < -0.39 is 10.5 Å². The van der Waals surface area contributed by atoms with Crippen LogP contribution in [0.1, 0.15) is 58.3 Å². The summed E-state index contributed by atoms with van der Waals surface area (Å²) >= 11 is 3.35. The molecular weight excluding hydrogens is 384 g/mol. The standard InChI is InChI=1S/C19H27BrN2O3/c1-13(2)11-21(19(6,7)12-18(3,4)5)17(23)15-10-14(22(24)25)8-9-16(15)20/h8-10H,1,11-12H2,2-7H3. The van der Waals surface area contributed by atoms with Gasteiger partial charge >= 0.3 is 0 Å². The normalized spacial score (nSPS) is 12.0. The van der Waals surface area contributed by atoms with Crippen LogP contribution in [0.4, 0.5) is 5.69 Å². The fourth-order valence-corrected chi connectivity index (χ4v) is 3.58. The molecule has 0 atom stereocenters. The number of hydrogen-bond acceptors (Lipinski definition) is 3. The number of carbonyl (C=O) groups is 1. The summed E-state index contributed by atoms with van der Waals surface area (Å²) in [6.45, 7) is 16.6. The molecule has 5 nitrogen and oxygen atoms in total. The first-order valence-corrected chi connectivity index (χ1v) is 8.94. The second-order valence-electron chi connectivity index (χ2n) is 8.32. The Morgan fingerprint density at radius 2 is 1.84 bits per heavy atom. The van der Waals surface area contributed by atoms with E-state index in [-0.39, 0.29) is 22.6 Å². The van der Waals surface area contributed by atoms with Crippen molar-refractivity contribution in [2.45, 2.75) is 53.5 Å². The predicted octanol–water partition coefficient (Wildman–Crippen LogP) is 5.59. The monoisotopic (exact) mass is 410 g/mol. The average molecular weight is 411 g/mol. The van der Waals surface area contributed by atoms with Crippen LogP contribution in [0.3, 0.4) is 0 Å². The van der Waals surface area contributed by atoms with Crippen LogP contribution < -0.4 is 0 Å². The van der Waals surface area contributed by atoms with Crippen LogP contribution in [-0.4, -0.2) is 27.8 Å². The molecule has 1 aromatic carbocycles. The lowest BCUT2D eigenvalue weighted by molar-refractivity contribution is -0.384. The highest BCUT2D eigenvalue weighted by atomic mass is 79.9. The molecule has 6 heteroatoms. The van der Waals surface area contributed by atoms with Gasteiger partial charge in [0.15, 0.2) is 0 Å². The fraction of sp³-hybridized carbons (Fsp3) is 0.526. The molecule has 0 unspecified atom stereocenters. The van der Waals surface area contributed by atoms with Gasteiger partial charge in [-0.15, -0.1) is 0 Å². The highest BCUT2D eigenvalue weighted by Gasteiger charge is 2.36. The SMILES string of the molecule is C=C(C)CN(C(=O)c1cc([N+](=O)[O-])ccc1Br)C(C)(C)CC(C)(C)C. The third-order valence-corrected chi connectivity index (χ3v) is 4.45. The van der Waals surface area contributed by atoms with Crippen molar-refractivity contribution in [3.8, 4) is 0 Å². The van der Waals surface area contributed by atoms with Gasteiger partial charge in [-0.05, 0) is 54.6 Å². The molecule has 1 aromatic rings. The Labute approximate surface area is 158 Å². The smallest absolute Gasteiger partial charge is 0.270 e. The first kappa shape index (κ1) is 21.4. The Morgan fingerprint density at radius 3 is 2.28 bits per heavy atom. The highest BCUT2D eigenvalue weighted by Crippen LogP contribution is 2.34. The van der Waals surface area contributed by atoms with Crippen LogP contribution in [0.5, 0.6) is 0 Å². The minimum atomic E-state index is -0.493. The molecule has 0 aliphatic heterocycles. The van der Waals surface area contributed by atoms with Crippen LogP contribution in [0.2, 0.25) is 0 Å². The van der Waals surface area contributed by atoms with Crippen LogP contribution in [0, 0.1) is 15.5 Å². The van der Waals surface area contributed by atoms with Crippen molar-refractivity contribution in [3.63, 3.8) is 0 Å². The maximum Gasteiger partial charge on any atom is 0.270 e. The molecule has 0 saturated carbocycles. The molecule has 0 bridgehead atoms. The van der Waals surface area contributed by atoms with E-state index in [1.165, 1.54) is 12.1 Å². The summed E-state index contributed by atoms with van der Waals surface area (Å²) in [5.74, 6) is -0.243. The van der Waals surface area contributed by atoms with Crippen molar-refractivity contribution in [1.82, 2.24) is 4.90 Å². The molecular formula is C19H27BrN2O3. The summed E-state index contributed by atoms with van der Waals surface area (Å²) in [4.78, 5) is 25.6. The zero-order chi connectivity index (χ0) is 19.6. The Hall–Kier alpha value is -1.69. The minimum absolute atomic E-state index is 0.0248. The van der Waals surface area contributed by atoms with E-state index >= 15 is 0 Å². The maximum atomic E-state index is 13.2. The molecule has 0 aliphatic rings. The van der Waals surface area contributed by atoms with E-state index in [1.54, 1.807) is 11.0 Å². The van der Waals surface area contributed by atoms with Gasteiger partial charge in [0.1, 0.15) is 0 Å². The quantitative estimate of drug-likeness (QED) is 0.348. The molecule has 0 saturated heterocycles. The van der Waals surface area contributed by atoms with Crippen LogP contribution in [0.25, 0.3) is 0 Å². The van der Waals surface area contributed by atoms with Gasteiger partial charge in [-0.2, -0.15) is 0 Å². The molecule has 25 heavy (non-hydrogen) atoms. The van der Waals surface area contributed by atoms with Gasteiger partial charge in [0.25, 0.3) is 11.6 Å². The van der Waals surface area contributed by atoms with E-state index in [0.29, 0.717) is 11.0 Å². The molecule has 0 N–H and O–H groups in total. The first-order valence-electron chi connectivity index (χ1n) is 8.15. The molecule has 0 aromatic heterocycles. The summed E-state index contributed by atoms with van der Waals surface area (Å²) in [6.07, 6.45) is 0.783. The zero-order valence-corrected chi connectivity index (χ0v) is 17.4. The van der Waals surface area contributed by atoms with Crippen molar-refractivity contribution in [1.29, 1.82) is 0 Å². The Morgan fingerprint density at radius 1 is 1.28 bits per heavy atom. The number of nitro benzene ring substituents is 1. The highest BCUT2D eigenvalue weighted by molar-refractivity contribution is 9.10. The molecule has 0 heterocycles. The Balaban J connectivity index is 3.37. The van der Waals surface area contributed by atoms with Gasteiger partial charge in [0.2, 0.25) is 0 Å². The van der Waals surface area contributed by atoms with Gasteiger partial charge in [0, 0.05) is 28.7 Å². The topological polar surface area (TPSA) is 63.5 Å². The van der Waals surface area contributed by atoms with Crippen LogP contribution in [0.15, 0.2) is 34.8 Å². The number of carbonyl (C=O) groups excluding carboxylic acids is 1. The number of rotatable bonds is 6. The van der Waals surface area contributed by atoms with Gasteiger partial charge in [-0.25, -0.2) is 0 Å². The largest absolute Gasteiger partial charge is 0.329 e. The average Bonchev–Trinajstić information content (AvgIpc) is 2.41. The van der Waals surface area contributed by atoms with E-state index in [4.69, 9.17) is 0 Å². The van der Waals surface area contributed by atoms with Gasteiger partial charge in [-0.1, -0.05) is 32.9 Å². The Kier molecular flexibility index (Phi) is 6.56. The minimum Gasteiger partial charge on any atom is -0.329 e. The lowest BCUT2D eigenvalue weighted by Crippen LogP contribution is -2.50. The molecule has 138 valence electrons. The van der Waals surface area contributed by atoms with Crippen molar-refractivity contribution in [2.75, 3.05) is 6.54 Å². The van der Waals surface area contributed by atoms with Crippen molar-refractivity contribution >= 4 is 27.5 Å². The number of nitro groups is 1. The van der Waals surface area contributed by atoms with Gasteiger partial charge < -0.3 is 4.90 Å². The molecule has 0 aliphatic carbocycles. The molecule has 0 fully saturated rings. The second-order valence-corrected chi connectivity index (χ2v) is 9.17. The number of nitrogens with zero attached hydrogens (tertiary/aromatic N) is 2. The maximum absolute atomic E-state index is 13.2. The summed E-state index contributed by atoms with van der Waals surface area (Å²) < 4.78 is 0.543. The molecule has 0 spiro atoms. The van der Waals surface area contributed by atoms with Crippen molar-refractivity contribution in [3.05, 3.63) is 50.5 Å². The lowest BCUT2D eigenvalue weighted by Gasteiger charge is -2.42. The van der Waals surface area contributed by atoms with E-state index in [9.17, 15) is 14.9 Å². The number of amides is 1. The summed E-state index contributed by atoms with van der Waals surface area (Å²) in [7, 11) is 0. The Bertz CT molecular complexity index is 690. The van der Waals surface area contributed by atoms with E-state index in [1.807, 2.05) is 20.8 Å². The summed E-state index contributed by atoms with van der Waals surface area (Å²) in [5, 5.41) is 11.1. The van der Waals surface area contributed by atoms with Gasteiger partial charge in [0.05, 0.1) is 10.5 Å². The third-order valence-electron chi connectivity index (χ3n) is 3.76. The number of halogens is 1. The van der Waals surface area contributed by atoms with Crippen LogP contribution in [-0.2, 0) is 0 Å². The van der Waals surface area contributed by atoms with E-state index in [2.05, 4.69) is 43.3 Å². The second kappa shape index (κ2) is 7.68. The molecule has 1 amide bonds. The summed E-state index contributed by atoms with van der Waals surface area (Å²) in [6, 6.07) is 4.25. The summed E-state index contributed by atoms with van der Waals surface area (Å²) in [5.41, 5.74) is 0.639. The van der Waals surface area contributed by atoms with Gasteiger partial charge in [-0.3, -0.25) is 14.9 Å². The predicted molar refractivity (Wildman–Crippen MR) is 105 cm³/mol. The third kappa shape index (κ3) is 5.96. The van der Waals surface area contributed by atoms with E-state index in [0.717, 1.165) is 12.0 Å². The number of hydrogen-bond donors (Lipinski definition) is 0. The molecule has 1 rings (SSSR count). The number of non-ortho nitro benzene ring substituents is 1.